The Balaban J connectivity index is 2.84. The van der Waals surface area contributed by atoms with Crippen molar-refractivity contribution in [3.05, 3.63) is 35.9 Å². The Labute approximate surface area is 117 Å². The monoisotopic (exact) mass is 265 g/mol. The minimum absolute atomic E-state index is 0.123. The van der Waals surface area contributed by atoms with Gasteiger partial charge in [-0.05, 0) is 25.8 Å². The van der Waals surface area contributed by atoms with Gasteiger partial charge < -0.3 is 9.84 Å². The summed E-state index contributed by atoms with van der Waals surface area (Å²) in [7, 11) is 1.72. The maximum Gasteiger partial charge on any atom is 0.0945 e. The van der Waals surface area contributed by atoms with E-state index in [0.717, 1.165) is 18.5 Å². The highest BCUT2D eigenvalue weighted by atomic mass is 16.5. The molecule has 108 valence electrons. The molecule has 19 heavy (non-hydrogen) atoms. The molecule has 0 aliphatic heterocycles. The van der Waals surface area contributed by atoms with Gasteiger partial charge in [-0.25, -0.2) is 0 Å². The molecule has 2 unspecified atom stereocenters. The van der Waals surface area contributed by atoms with Crippen LogP contribution in [0.5, 0.6) is 0 Å². The van der Waals surface area contributed by atoms with Crippen LogP contribution in [0.2, 0.25) is 0 Å². The van der Waals surface area contributed by atoms with Crippen molar-refractivity contribution in [1.82, 2.24) is 4.90 Å². The van der Waals surface area contributed by atoms with Crippen molar-refractivity contribution in [3.8, 4) is 0 Å². The number of hydrogen-bond acceptors (Lipinski definition) is 3. The molecule has 0 aliphatic carbocycles. The summed E-state index contributed by atoms with van der Waals surface area (Å²) in [5.74, 6) is 0. The third-order valence-electron chi connectivity index (χ3n) is 3.57. The van der Waals surface area contributed by atoms with Gasteiger partial charge in [0.1, 0.15) is 0 Å². The Morgan fingerprint density at radius 1 is 1.21 bits per heavy atom. The van der Waals surface area contributed by atoms with E-state index in [2.05, 4.69) is 25.7 Å². The third-order valence-corrected chi connectivity index (χ3v) is 3.57. The summed E-state index contributed by atoms with van der Waals surface area (Å²) in [5, 5.41) is 10.6. The molecule has 0 aliphatic rings. The zero-order valence-electron chi connectivity index (χ0n) is 12.5. The molecule has 1 aromatic carbocycles. The van der Waals surface area contributed by atoms with E-state index in [9.17, 15) is 5.11 Å². The van der Waals surface area contributed by atoms with Crippen LogP contribution in [0.25, 0.3) is 0 Å². The maximum atomic E-state index is 10.6. The highest BCUT2D eigenvalue weighted by Gasteiger charge is 2.27. The molecule has 0 radical (unpaired) electrons. The first-order chi connectivity index (χ1) is 9.11. The number of aliphatic hydroxyl groups excluding tert-OH is 1. The molecule has 3 nitrogen and oxygen atoms in total. The fourth-order valence-corrected chi connectivity index (χ4v) is 2.52. The third kappa shape index (κ3) is 4.60. The van der Waals surface area contributed by atoms with Crippen molar-refractivity contribution in [2.75, 3.05) is 20.3 Å². The Morgan fingerprint density at radius 2 is 1.84 bits per heavy atom. The van der Waals surface area contributed by atoms with Crippen LogP contribution in [0.4, 0.5) is 0 Å². The largest absolute Gasteiger partial charge is 0.387 e. The molecule has 3 heteroatoms. The molecule has 0 amide bonds. The van der Waals surface area contributed by atoms with E-state index in [-0.39, 0.29) is 6.04 Å². The summed E-state index contributed by atoms with van der Waals surface area (Å²) in [6, 6.07) is 10.4. The van der Waals surface area contributed by atoms with Crippen LogP contribution in [0.15, 0.2) is 30.3 Å². The molecule has 0 saturated heterocycles. The number of nitrogens with zero attached hydrogens (tertiary/aromatic N) is 1. The molecule has 0 aromatic heterocycles. The summed E-state index contributed by atoms with van der Waals surface area (Å²) < 4.78 is 5.18. The predicted octanol–water partition coefficient (Wildman–Crippen LogP) is 2.86. The molecular weight excluding hydrogens is 238 g/mol. The Bertz CT molecular complexity index is 340. The van der Waals surface area contributed by atoms with Crippen molar-refractivity contribution >= 4 is 0 Å². The molecule has 0 heterocycles. The number of rotatable bonds is 8. The lowest BCUT2D eigenvalue weighted by atomic mass is 9.98. The summed E-state index contributed by atoms with van der Waals surface area (Å²) in [6.07, 6.45) is 0.461. The van der Waals surface area contributed by atoms with Gasteiger partial charge in [0.15, 0.2) is 0 Å². The van der Waals surface area contributed by atoms with Crippen LogP contribution >= 0.6 is 0 Å². The standard InChI is InChI=1S/C16H27NO2/c1-5-15(17(13(2)3)11-12-19-4)16(18)14-9-7-6-8-10-14/h6-10,13,15-16,18H,5,11-12H2,1-4H3. The van der Waals surface area contributed by atoms with Gasteiger partial charge in [-0.3, -0.25) is 4.90 Å². The van der Waals surface area contributed by atoms with Crippen LogP contribution in [0.3, 0.4) is 0 Å². The summed E-state index contributed by atoms with van der Waals surface area (Å²) in [4.78, 5) is 2.32. The van der Waals surface area contributed by atoms with Gasteiger partial charge >= 0.3 is 0 Å². The van der Waals surface area contributed by atoms with E-state index in [4.69, 9.17) is 4.74 Å². The maximum absolute atomic E-state index is 10.6. The van der Waals surface area contributed by atoms with Crippen molar-refractivity contribution in [1.29, 1.82) is 0 Å². The van der Waals surface area contributed by atoms with E-state index in [1.165, 1.54) is 0 Å². The SMILES string of the molecule is CCC(C(O)c1ccccc1)N(CCOC)C(C)C. The number of hydrogen-bond donors (Lipinski definition) is 1. The lowest BCUT2D eigenvalue weighted by Gasteiger charge is -2.37. The van der Waals surface area contributed by atoms with E-state index in [1.54, 1.807) is 7.11 Å². The van der Waals surface area contributed by atoms with Gasteiger partial charge in [0, 0.05) is 25.7 Å². The summed E-state index contributed by atoms with van der Waals surface area (Å²) >= 11 is 0. The highest BCUT2D eigenvalue weighted by molar-refractivity contribution is 5.19. The van der Waals surface area contributed by atoms with Gasteiger partial charge in [0.25, 0.3) is 0 Å². The van der Waals surface area contributed by atoms with Crippen molar-refractivity contribution in [2.45, 2.75) is 45.4 Å². The number of methoxy groups -OCH3 is 1. The normalized spacial score (nSPS) is 14.9. The van der Waals surface area contributed by atoms with Crippen molar-refractivity contribution in [2.24, 2.45) is 0 Å². The molecule has 0 fully saturated rings. The second kappa shape index (κ2) is 8.31. The first-order valence-electron chi connectivity index (χ1n) is 7.09. The lowest BCUT2D eigenvalue weighted by molar-refractivity contribution is 0.0139. The minimum atomic E-state index is -0.453. The van der Waals surface area contributed by atoms with Crippen molar-refractivity contribution in [3.63, 3.8) is 0 Å². The van der Waals surface area contributed by atoms with Gasteiger partial charge in [-0.15, -0.1) is 0 Å². The number of ether oxygens (including phenoxy) is 1. The van der Waals surface area contributed by atoms with Gasteiger partial charge in [0.2, 0.25) is 0 Å². The second-order valence-corrected chi connectivity index (χ2v) is 5.16. The van der Waals surface area contributed by atoms with E-state index < -0.39 is 6.10 Å². The molecule has 1 rings (SSSR count). The molecule has 0 spiro atoms. The molecular formula is C16H27NO2. The van der Waals surface area contributed by atoms with Gasteiger partial charge in [0.05, 0.1) is 12.7 Å². The van der Waals surface area contributed by atoms with Gasteiger partial charge in [-0.2, -0.15) is 0 Å². The molecule has 2 atom stereocenters. The Kier molecular flexibility index (Phi) is 7.06. The number of benzene rings is 1. The van der Waals surface area contributed by atoms with Crippen LogP contribution in [0, 0.1) is 0 Å². The topological polar surface area (TPSA) is 32.7 Å². The van der Waals surface area contributed by atoms with Crippen LogP contribution in [-0.4, -0.2) is 42.4 Å². The first-order valence-corrected chi connectivity index (χ1v) is 7.09. The van der Waals surface area contributed by atoms with Crippen LogP contribution < -0.4 is 0 Å². The fraction of sp³-hybridized carbons (Fsp3) is 0.625. The van der Waals surface area contributed by atoms with E-state index in [0.29, 0.717) is 12.6 Å². The van der Waals surface area contributed by atoms with Crippen LogP contribution in [0.1, 0.15) is 38.9 Å². The predicted molar refractivity (Wildman–Crippen MR) is 79.2 cm³/mol. The highest BCUT2D eigenvalue weighted by Crippen LogP contribution is 2.24. The average Bonchev–Trinajstić information content (AvgIpc) is 2.43. The number of aliphatic hydroxyl groups is 1. The molecule has 0 saturated carbocycles. The summed E-state index contributed by atoms with van der Waals surface area (Å²) in [5.41, 5.74) is 0.984. The lowest BCUT2D eigenvalue weighted by Crippen LogP contribution is -2.45. The zero-order valence-corrected chi connectivity index (χ0v) is 12.5. The van der Waals surface area contributed by atoms with Gasteiger partial charge in [-0.1, -0.05) is 37.3 Å². The minimum Gasteiger partial charge on any atom is -0.387 e. The van der Waals surface area contributed by atoms with Crippen molar-refractivity contribution < 1.29 is 9.84 Å². The Morgan fingerprint density at radius 3 is 2.32 bits per heavy atom. The van der Waals surface area contributed by atoms with E-state index >= 15 is 0 Å². The zero-order chi connectivity index (χ0) is 14.3. The average molecular weight is 265 g/mol. The summed E-state index contributed by atoms with van der Waals surface area (Å²) in [6.45, 7) is 7.98. The molecule has 1 N–H and O–H groups in total. The Hall–Kier alpha value is -0.900. The first kappa shape index (κ1) is 16.2. The van der Waals surface area contributed by atoms with Crippen LogP contribution in [-0.2, 0) is 4.74 Å². The van der Waals surface area contributed by atoms with E-state index in [1.807, 2.05) is 30.3 Å². The fourth-order valence-electron chi connectivity index (χ4n) is 2.52. The quantitative estimate of drug-likeness (QED) is 0.784. The molecule has 1 aromatic rings. The molecule has 0 bridgehead atoms. The smallest absolute Gasteiger partial charge is 0.0945 e. The second-order valence-electron chi connectivity index (χ2n) is 5.16.